The quantitative estimate of drug-likeness (QED) is 0.821. The van der Waals surface area contributed by atoms with Crippen LogP contribution in [0, 0.1) is 11.3 Å². The van der Waals surface area contributed by atoms with E-state index in [-0.39, 0.29) is 5.41 Å². The summed E-state index contributed by atoms with van der Waals surface area (Å²) in [6.45, 7) is 13.3. The van der Waals surface area contributed by atoms with Crippen LogP contribution in [0.1, 0.15) is 47.5 Å². The van der Waals surface area contributed by atoms with Crippen LogP contribution in [0.25, 0.3) is 0 Å². The van der Waals surface area contributed by atoms with Crippen LogP contribution in [0.15, 0.2) is 0 Å². The first kappa shape index (κ1) is 14.5. The SMILES string of the molecule is CCCNC1CCN(C(=O)C(C)(C)C)CC1C. The molecule has 2 unspecified atom stereocenters. The highest BCUT2D eigenvalue weighted by atomic mass is 16.2. The molecule has 0 saturated carbocycles. The average molecular weight is 240 g/mol. The van der Waals surface area contributed by atoms with E-state index in [9.17, 15) is 4.79 Å². The van der Waals surface area contributed by atoms with E-state index in [2.05, 4.69) is 19.2 Å². The number of hydrogen-bond donors (Lipinski definition) is 1. The Labute approximate surface area is 106 Å². The van der Waals surface area contributed by atoms with Gasteiger partial charge in [0, 0.05) is 24.5 Å². The molecule has 3 nitrogen and oxygen atoms in total. The zero-order valence-electron chi connectivity index (χ0n) is 12.0. The van der Waals surface area contributed by atoms with Crippen molar-refractivity contribution >= 4 is 5.91 Å². The van der Waals surface area contributed by atoms with Gasteiger partial charge in [0.15, 0.2) is 0 Å². The van der Waals surface area contributed by atoms with E-state index >= 15 is 0 Å². The number of amides is 1. The zero-order valence-corrected chi connectivity index (χ0v) is 12.0. The maximum atomic E-state index is 12.2. The first-order valence-corrected chi connectivity index (χ1v) is 6.89. The normalized spacial score (nSPS) is 26.1. The third-order valence-corrected chi connectivity index (χ3v) is 3.49. The van der Waals surface area contributed by atoms with E-state index in [1.807, 2.05) is 25.7 Å². The minimum atomic E-state index is -0.247. The Balaban J connectivity index is 2.49. The Bertz CT molecular complexity index is 257. The van der Waals surface area contributed by atoms with Crippen LogP contribution in [-0.4, -0.2) is 36.5 Å². The summed E-state index contributed by atoms with van der Waals surface area (Å²) in [6, 6.07) is 0.582. The predicted octanol–water partition coefficient (Wildman–Crippen LogP) is 2.27. The first-order chi connectivity index (χ1) is 7.86. The highest BCUT2D eigenvalue weighted by Crippen LogP contribution is 2.23. The lowest BCUT2D eigenvalue weighted by atomic mass is 9.89. The Kier molecular flexibility index (Phi) is 4.99. The Morgan fingerprint density at radius 3 is 2.53 bits per heavy atom. The molecule has 1 heterocycles. The lowest BCUT2D eigenvalue weighted by molar-refractivity contribution is -0.141. The van der Waals surface area contributed by atoms with Gasteiger partial charge in [-0.3, -0.25) is 4.79 Å². The Morgan fingerprint density at radius 2 is 2.06 bits per heavy atom. The van der Waals surface area contributed by atoms with Gasteiger partial charge in [0.25, 0.3) is 0 Å². The van der Waals surface area contributed by atoms with Gasteiger partial charge >= 0.3 is 0 Å². The first-order valence-electron chi connectivity index (χ1n) is 6.89. The van der Waals surface area contributed by atoms with Gasteiger partial charge in [0.05, 0.1) is 0 Å². The van der Waals surface area contributed by atoms with Gasteiger partial charge in [-0.05, 0) is 25.3 Å². The third-order valence-electron chi connectivity index (χ3n) is 3.49. The van der Waals surface area contributed by atoms with Crippen molar-refractivity contribution in [1.29, 1.82) is 0 Å². The summed E-state index contributed by atoms with van der Waals surface area (Å²) in [7, 11) is 0. The molecule has 1 fully saturated rings. The number of nitrogens with one attached hydrogen (secondary N) is 1. The van der Waals surface area contributed by atoms with Crippen molar-refractivity contribution in [1.82, 2.24) is 10.2 Å². The Morgan fingerprint density at radius 1 is 1.41 bits per heavy atom. The number of carbonyl (C=O) groups is 1. The molecule has 17 heavy (non-hydrogen) atoms. The van der Waals surface area contributed by atoms with Crippen LogP contribution >= 0.6 is 0 Å². The molecule has 0 aromatic rings. The molecule has 1 amide bonds. The fourth-order valence-electron chi connectivity index (χ4n) is 2.44. The summed E-state index contributed by atoms with van der Waals surface area (Å²) in [4.78, 5) is 14.2. The van der Waals surface area contributed by atoms with E-state index in [0.29, 0.717) is 17.9 Å². The summed E-state index contributed by atoms with van der Waals surface area (Å²) in [5, 5.41) is 3.58. The van der Waals surface area contributed by atoms with E-state index in [1.165, 1.54) is 6.42 Å². The monoisotopic (exact) mass is 240 g/mol. The van der Waals surface area contributed by atoms with Gasteiger partial charge in [0.2, 0.25) is 5.91 Å². The van der Waals surface area contributed by atoms with Gasteiger partial charge in [0.1, 0.15) is 0 Å². The van der Waals surface area contributed by atoms with Crippen molar-refractivity contribution in [3.8, 4) is 0 Å². The summed E-state index contributed by atoms with van der Waals surface area (Å²) < 4.78 is 0. The van der Waals surface area contributed by atoms with E-state index in [4.69, 9.17) is 0 Å². The van der Waals surface area contributed by atoms with Crippen molar-refractivity contribution in [2.24, 2.45) is 11.3 Å². The third kappa shape index (κ3) is 3.98. The van der Waals surface area contributed by atoms with Gasteiger partial charge in [-0.15, -0.1) is 0 Å². The topological polar surface area (TPSA) is 32.3 Å². The fraction of sp³-hybridized carbons (Fsp3) is 0.929. The van der Waals surface area contributed by atoms with Crippen molar-refractivity contribution in [2.75, 3.05) is 19.6 Å². The Hall–Kier alpha value is -0.570. The molecule has 3 heteroatoms. The average Bonchev–Trinajstić information content (AvgIpc) is 2.25. The molecule has 1 aliphatic heterocycles. The second kappa shape index (κ2) is 5.85. The second-order valence-corrected chi connectivity index (χ2v) is 6.33. The lowest BCUT2D eigenvalue weighted by Crippen LogP contribution is -2.52. The van der Waals surface area contributed by atoms with Crippen molar-refractivity contribution in [3.05, 3.63) is 0 Å². The highest BCUT2D eigenvalue weighted by molar-refractivity contribution is 5.81. The summed E-state index contributed by atoms with van der Waals surface area (Å²) in [5.74, 6) is 0.847. The number of piperidine rings is 1. The number of nitrogens with zero attached hydrogens (tertiary/aromatic N) is 1. The molecule has 0 radical (unpaired) electrons. The molecule has 0 aliphatic carbocycles. The molecule has 100 valence electrons. The van der Waals surface area contributed by atoms with Crippen molar-refractivity contribution in [2.45, 2.75) is 53.5 Å². The number of carbonyl (C=O) groups excluding carboxylic acids is 1. The minimum absolute atomic E-state index is 0.247. The van der Waals surface area contributed by atoms with Crippen LogP contribution in [0.2, 0.25) is 0 Å². The highest BCUT2D eigenvalue weighted by Gasteiger charge is 2.33. The van der Waals surface area contributed by atoms with E-state index in [1.54, 1.807) is 0 Å². The molecular weight excluding hydrogens is 212 g/mol. The second-order valence-electron chi connectivity index (χ2n) is 6.33. The summed E-state index contributed by atoms with van der Waals surface area (Å²) in [5.41, 5.74) is -0.247. The predicted molar refractivity (Wildman–Crippen MR) is 71.9 cm³/mol. The summed E-state index contributed by atoms with van der Waals surface area (Å²) >= 11 is 0. The van der Waals surface area contributed by atoms with Crippen LogP contribution in [0.3, 0.4) is 0 Å². The molecular formula is C14H28N2O. The van der Waals surface area contributed by atoms with Crippen LogP contribution in [-0.2, 0) is 4.79 Å². The number of likely N-dealkylation sites (tertiary alicyclic amines) is 1. The van der Waals surface area contributed by atoms with Gasteiger partial charge in [-0.25, -0.2) is 0 Å². The van der Waals surface area contributed by atoms with Gasteiger partial charge in [-0.2, -0.15) is 0 Å². The fourth-order valence-corrected chi connectivity index (χ4v) is 2.44. The molecule has 1 aliphatic rings. The van der Waals surface area contributed by atoms with Gasteiger partial charge < -0.3 is 10.2 Å². The molecule has 1 N–H and O–H groups in total. The van der Waals surface area contributed by atoms with E-state index < -0.39 is 0 Å². The van der Waals surface area contributed by atoms with E-state index in [0.717, 1.165) is 26.1 Å². The molecule has 2 atom stereocenters. The smallest absolute Gasteiger partial charge is 0.227 e. The largest absolute Gasteiger partial charge is 0.342 e. The molecule has 0 bridgehead atoms. The molecule has 1 rings (SSSR count). The standard InChI is InChI=1S/C14H28N2O/c1-6-8-15-12-7-9-16(10-11(12)2)13(17)14(3,4)5/h11-12,15H,6-10H2,1-5H3. The zero-order chi connectivity index (χ0) is 13.1. The molecule has 0 aromatic carbocycles. The number of hydrogen-bond acceptors (Lipinski definition) is 2. The van der Waals surface area contributed by atoms with Crippen LogP contribution in [0.4, 0.5) is 0 Å². The molecule has 0 aromatic heterocycles. The molecule has 0 spiro atoms. The number of rotatable bonds is 3. The van der Waals surface area contributed by atoms with Crippen LogP contribution < -0.4 is 5.32 Å². The van der Waals surface area contributed by atoms with Gasteiger partial charge in [-0.1, -0.05) is 34.6 Å². The minimum Gasteiger partial charge on any atom is -0.342 e. The van der Waals surface area contributed by atoms with Crippen LogP contribution in [0.5, 0.6) is 0 Å². The summed E-state index contributed by atoms with van der Waals surface area (Å²) in [6.07, 6.45) is 2.26. The maximum absolute atomic E-state index is 12.2. The maximum Gasteiger partial charge on any atom is 0.227 e. The molecule has 1 saturated heterocycles. The van der Waals surface area contributed by atoms with Crippen molar-refractivity contribution in [3.63, 3.8) is 0 Å². The van der Waals surface area contributed by atoms with Crippen molar-refractivity contribution < 1.29 is 4.79 Å². The lowest BCUT2D eigenvalue weighted by Gasteiger charge is -2.40.